The molecule has 1 aromatic heterocycles. The van der Waals surface area contributed by atoms with Gasteiger partial charge in [-0.15, -0.1) is 22.9 Å². The molecule has 0 amide bonds. The van der Waals surface area contributed by atoms with Crippen LogP contribution in [-0.2, 0) is 12.4 Å². The van der Waals surface area contributed by atoms with Gasteiger partial charge in [0.1, 0.15) is 5.01 Å². The van der Waals surface area contributed by atoms with Crippen LogP contribution in [0, 0.1) is 0 Å². The summed E-state index contributed by atoms with van der Waals surface area (Å²) in [6.07, 6.45) is 1.07. The number of thiazole rings is 1. The lowest BCUT2D eigenvalue weighted by molar-refractivity contribution is 0.193. The van der Waals surface area contributed by atoms with E-state index in [0.717, 1.165) is 25.2 Å². The number of alkyl halides is 1. The van der Waals surface area contributed by atoms with Crippen molar-refractivity contribution in [2.24, 2.45) is 0 Å². The predicted molar refractivity (Wildman–Crippen MR) is 87.2 cm³/mol. The van der Waals surface area contributed by atoms with Gasteiger partial charge in [0.15, 0.2) is 0 Å². The molecule has 0 aliphatic carbocycles. The van der Waals surface area contributed by atoms with Crippen molar-refractivity contribution < 1.29 is 0 Å². The van der Waals surface area contributed by atoms with Crippen LogP contribution in [0.3, 0.4) is 0 Å². The van der Waals surface area contributed by atoms with Crippen LogP contribution in [0.2, 0.25) is 0 Å². The fourth-order valence-corrected chi connectivity index (χ4v) is 3.65. The van der Waals surface area contributed by atoms with Crippen molar-refractivity contribution in [2.75, 3.05) is 6.54 Å². The summed E-state index contributed by atoms with van der Waals surface area (Å²) in [6, 6.07) is 11.0. The largest absolute Gasteiger partial charge is 0.290 e. The van der Waals surface area contributed by atoms with Crippen LogP contribution in [0.5, 0.6) is 0 Å². The Balaban J connectivity index is 2.14. The zero-order chi connectivity index (χ0) is 14.4. The van der Waals surface area contributed by atoms with Gasteiger partial charge in [-0.1, -0.05) is 44.2 Å². The lowest BCUT2D eigenvalue weighted by atomic mass is 10.1. The molecule has 1 atom stereocenters. The third-order valence-corrected chi connectivity index (χ3v) is 4.72. The normalized spacial score (nSPS) is 12.8. The van der Waals surface area contributed by atoms with Crippen molar-refractivity contribution in [1.82, 2.24) is 9.88 Å². The fourth-order valence-electron chi connectivity index (χ4n) is 2.39. The standard InChI is InChI=1S/C16H21ClN2S/c1-3-15(16-18-14(10-17)12-20-16)19(4-2)11-13-8-6-5-7-9-13/h5-9,12,15H,3-4,10-11H2,1-2H3. The number of benzene rings is 1. The van der Waals surface area contributed by atoms with Crippen LogP contribution in [0.1, 0.15) is 42.6 Å². The highest BCUT2D eigenvalue weighted by Crippen LogP contribution is 2.28. The van der Waals surface area contributed by atoms with E-state index in [4.69, 9.17) is 11.6 Å². The molecule has 108 valence electrons. The minimum atomic E-state index is 0.377. The van der Waals surface area contributed by atoms with Crippen molar-refractivity contribution >= 4 is 22.9 Å². The van der Waals surface area contributed by atoms with E-state index in [1.807, 2.05) is 0 Å². The lowest BCUT2D eigenvalue weighted by Gasteiger charge is -2.28. The highest BCUT2D eigenvalue weighted by molar-refractivity contribution is 7.09. The van der Waals surface area contributed by atoms with Crippen molar-refractivity contribution in [2.45, 2.75) is 38.7 Å². The van der Waals surface area contributed by atoms with E-state index in [1.54, 1.807) is 11.3 Å². The van der Waals surface area contributed by atoms with Crippen molar-refractivity contribution in [3.63, 3.8) is 0 Å². The minimum Gasteiger partial charge on any atom is -0.290 e. The SMILES string of the molecule is CCC(c1nc(CCl)cs1)N(CC)Cc1ccccc1. The number of hydrogen-bond donors (Lipinski definition) is 0. The van der Waals surface area contributed by atoms with Gasteiger partial charge in [-0.25, -0.2) is 4.98 Å². The van der Waals surface area contributed by atoms with Gasteiger partial charge in [0, 0.05) is 11.9 Å². The molecule has 0 fully saturated rings. The zero-order valence-electron chi connectivity index (χ0n) is 12.1. The van der Waals surface area contributed by atoms with Crippen molar-refractivity contribution in [3.8, 4) is 0 Å². The van der Waals surface area contributed by atoms with E-state index in [1.165, 1.54) is 10.6 Å². The Labute approximate surface area is 130 Å². The zero-order valence-corrected chi connectivity index (χ0v) is 13.6. The Morgan fingerprint density at radius 3 is 2.55 bits per heavy atom. The molecule has 0 spiro atoms. The van der Waals surface area contributed by atoms with Gasteiger partial charge >= 0.3 is 0 Å². The monoisotopic (exact) mass is 308 g/mol. The van der Waals surface area contributed by atoms with E-state index >= 15 is 0 Å². The maximum atomic E-state index is 5.86. The molecule has 0 bridgehead atoms. The highest BCUT2D eigenvalue weighted by atomic mass is 35.5. The number of aromatic nitrogens is 1. The summed E-state index contributed by atoms with van der Waals surface area (Å²) >= 11 is 7.59. The number of rotatable bonds is 7. The molecule has 2 aromatic rings. The third-order valence-electron chi connectivity index (χ3n) is 3.45. The molecule has 2 nitrogen and oxygen atoms in total. The first kappa shape index (κ1) is 15.5. The van der Waals surface area contributed by atoms with Crippen LogP contribution >= 0.6 is 22.9 Å². The highest BCUT2D eigenvalue weighted by Gasteiger charge is 2.20. The quantitative estimate of drug-likeness (QED) is 0.679. The molecule has 0 saturated carbocycles. The number of halogens is 1. The molecule has 0 radical (unpaired) electrons. The van der Waals surface area contributed by atoms with Gasteiger partial charge in [0.2, 0.25) is 0 Å². The van der Waals surface area contributed by atoms with Crippen molar-refractivity contribution in [1.29, 1.82) is 0 Å². The second-order valence-corrected chi connectivity index (χ2v) is 5.94. The van der Waals surface area contributed by atoms with Gasteiger partial charge in [-0.05, 0) is 18.5 Å². The maximum Gasteiger partial charge on any atom is 0.110 e. The molecule has 2 rings (SSSR count). The van der Waals surface area contributed by atoms with Crippen LogP contribution < -0.4 is 0 Å². The first-order chi connectivity index (χ1) is 9.78. The molecule has 1 unspecified atom stereocenters. The Hall–Kier alpha value is -0.900. The van der Waals surface area contributed by atoms with Crippen molar-refractivity contribution in [3.05, 3.63) is 52.0 Å². The van der Waals surface area contributed by atoms with E-state index in [2.05, 4.69) is 59.4 Å². The second-order valence-electron chi connectivity index (χ2n) is 4.78. The van der Waals surface area contributed by atoms with E-state index in [9.17, 15) is 0 Å². The van der Waals surface area contributed by atoms with Gasteiger partial charge in [0.25, 0.3) is 0 Å². The number of nitrogens with zero attached hydrogens (tertiary/aromatic N) is 2. The average Bonchev–Trinajstić information content (AvgIpc) is 2.97. The summed E-state index contributed by atoms with van der Waals surface area (Å²) < 4.78 is 0. The molecule has 1 heterocycles. The summed E-state index contributed by atoms with van der Waals surface area (Å²) in [6.45, 7) is 6.41. The summed E-state index contributed by atoms with van der Waals surface area (Å²) in [5.41, 5.74) is 2.34. The Morgan fingerprint density at radius 2 is 2.00 bits per heavy atom. The molecular weight excluding hydrogens is 288 g/mol. The molecule has 20 heavy (non-hydrogen) atoms. The van der Waals surface area contributed by atoms with Gasteiger partial charge in [-0.2, -0.15) is 0 Å². The van der Waals surface area contributed by atoms with Crippen LogP contribution in [0.15, 0.2) is 35.7 Å². The maximum absolute atomic E-state index is 5.86. The predicted octanol–water partition coefficient (Wildman–Crippen LogP) is 4.86. The molecule has 4 heteroatoms. The molecule has 0 N–H and O–H groups in total. The molecule has 0 aliphatic heterocycles. The number of hydrogen-bond acceptors (Lipinski definition) is 3. The topological polar surface area (TPSA) is 16.1 Å². The average molecular weight is 309 g/mol. The van der Waals surface area contributed by atoms with E-state index in [0.29, 0.717) is 11.9 Å². The molecule has 0 saturated heterocycles. The van der Waals surface area contributed by atoms with E-state index in [-0.39, 0.29) is 0 Å². The van der Waals surface area contributed by atoms with Crippen LogP contribution in [0.25, 0.3) is 0 Å². The summed E-state index contributed by atoms with van der Waals surface area (Å²) in [4.78, 5) is 7.13. The summed E-state index contributed by atoms with van der Waals surface area (Å²) in [5, 5.41) is 3.25. The fraction of sp³-hybridized carbons (Fsp3) is 0.438. The summed E-state index contributed by atoms with van der Waals surface area (Å²) in [5.74, 6) is 0.498. The Morgan fingerprint density at radius 1 is 1.25 bits per heavy atom. The van der Waals surface area contributed by atoms with E-state index < -0.39 is 0 Å². The van der Waals surface area contributed by atoms with Crippen LogP contribution in [-0.4, -0.2) is 16.4 Å². The van der Waals surface area contributed by atoms with Gasteiger partial charge in [0.05, 0.1) is 17.6 Å². The second kappa shape index (κ2) is 7.77. The van der Waals surface area contributed by atoms with Crippen LogP contribution in [0.4, 0.5) is 0 Å². The molecular formula is C16H21ClN2S. The first-order valence-electron chi connectivity index (χ1n) is 7.06. The minimum absolute atomic E-state index is 0.377. The van der Waals surface area contributed by atoms with Gasteiger partial charge in [-0.3, -0.25) is 4.90 Å². The van der Waals surface area contributed by atoms with Gasteiger partial charge < -0.3 is 0 Å². The third kappa shape index (κ3) is 3.81. The first-order valence-corrected chi connectivity index (χ1v) is 8.48. The lowest BCUT2D eigenvalue weighted by Crippen LogP contribution is -2.27. The smallest absolute Gasteiger partial charge is 0.110 e. The molecule has 0 aliphatic rings. The Kier molecular flexibility index (Phi) is 6.02. The summed E-state index contributed by atoms with van der Waals surface area (Å²) in [7, 11) is 0. The molecule has 1 aromatic carbocycles. The Bertz CT molecular complexity index is 512.